The van der Waals surface area contributed by atoms with Crippen LogP contribution in [0, 0.1) is 0 Å². The van der Waals surface area contributed by atoms with Crippen molar-refractivity contribution in [2.75, 3.05) is 31.3 Å². The van der Waals surface area contributed by atoms with Gasteiger partial charge in [0.05, 0.1) is 28.5 Å². The number of anilines is 2. The molecule has 11 heteroatoms. The lowest BCUT2D eigenvalue weighted by Gasteiger charge is -2.16. The van der Waals surface area contributed by atoms with Gasteiger partial charge in [-0.25, -0.2) is 17.7 Å². The molecule has 0 aliphatic carbocycles. The fourth-order valence-electron chi connectivity index (χ4n) is 2.70. The van der Waals surface area contributed by atoms with Crippen LogP contribution in [-0.4, -0.2) is 48.0 Å². The minimum absolute atomic E-state index is 0.185. The molecule has 0 aliphatic rings. The molecule has 0 spiro atoms. The molecule has 9 nitrogen and oxygen atoms in total. The molecule has 2 aromatic heterocycles. The van der Waals surface area contributed by atoms with Gasteiger partial charge in [-0.1, -0.05) is 18.3 Å². The van der Waals surface area contributed by atoms with Crippen molar-refractivity contribution in [2.45, 2.75) is 31.7 Å². The molecule has 0 bridgehead atoms. The quantitative estimate of drug-likeness (QED) is 0.556. The number of hydrogen-bond acceptors (Lipinski definition) is 8. The highest BCUT2D eigenvalue weighted by Gasteiger charge is 2.19. The first-order valence-electron chi connectivity index (χ1n) is 9.19. The summed E-state index contributed by atoms with van der Waals surface area (Å²) in [5.41, 5.74) is 1.72. The van der Waals surface area contributed by atoms with Crippen LogP contribution >= 0.6 is 11.3 Å². The molecule has 2 N–H and O–H groups in total. The summed E-state index contributed by atoms with van der Waals surface area (Å²) in [6.45, 7) is 4.89. The lowest BCUT2D eigenvalue weighted by atomic mass is 10.2. The van der Waals surface area contributed by atoms with Gasteiger partial charge in [-0.15, -0.1) is 0 Å². The zero-order valence-electron chi connectivity index (χ0n) is 16.8. The van der Waals surface area contributed by atoms with Crippen LogP contribution in [0.15, 0.2) is 34.0 Å². The van der Waals surface area contributed by atoms with E-state index in [1.165, 1.54) is 40.3 Å². The van der Waals surface area contributed by atoms with Gasteiger partial charge in [-0.3, -0.25) is 4.79 Å². The van der Waals surface area contributed by atoms with E-state index in [-0.39, 0.29) is 17.0 Å². The molecule has 1 aromatic carbocycles. The fraction of sp³-hybridized carbons (Fsp3) is 0.389. The molecule has 0 amide bonds. The van der Waals surface area contributed by atoms with Crippen LogP contribution in [0.3, 0.4) is 0 Å². The topological polar surface area (TPSA) is 109 Å². The molecule has 3 aromatic rings. The van der Waals surface area contributed by atoms with Crippen molar-refractivity contribution in [1.82, 2.24) is 18.9 Å². The van der Waals surface area contributed by atoms with Gasteiger partial charge < -0.3 is 10.6 Å². The van der Waals surface area contributed by atoms with Gasteiger partial charge in [0.1, 0.15) is 5.01 Å². The molecular formula is C18H24N6O3S2. The van der Waals surface area contributed by atoms with Crippen molar-refractivity contribution >= 4 is 37.7 Å². The van der Waals surface area contributed by atoms with Crippen LogP contribution in [0.2, 0.25) is 0 Å². The maximum Gasteiger partial charge on any atom is 0.275 e. The lowest BCUT2D eigenvalue weighted by Crippen LogP contribution is -2.22. The molecule has 156 valence electrons. The summed E-state index contributed by atoms with van der Waals surface area (Å²) in [5.74, 6) is 0. The molecule has 0 unspecified atom stereocenters. The number of nitrogens with zero attached hydrogens (tertiary/aromatic N) is 4. The third kappa shape index (κ3) is 4.41. The standard InChI is InChI=1S/C18H24N6O3S2/c1-5-16-22-24-17(25)9-12(21-18(24)28-16)11-20-15-10-13(29(26,27)23(3)4)7-8-14(15)19-6-2/h7-10,19-20H,5-6,11H2,1-4H3. The van der Waals surface area contributed by atoms with Crippen LogP contribution in [-0.2, 0) is 23.0 Å². The summed E-state index contributed by atoms with van der Waals surface area (Å²) in [6, 6.07) is 6.32. The highest BCUT2D eigenvalue weighted by Crippen LogP contribution is 2.27. The Kier molecular flexibility index (Phi) is 6.20. The number of sulfonamides is 1. The van der Waals surface area contributed by atoms with E-state index < -0.39 is 10.0 Å². The average molecular weight is 437 g/mol. The molecule has 0 radical (unpaired) electrons. The Morgan fingerprint density at radius 1 is 1.14 bits per heavy atom. The Morgan fingerprint density at radius 3 is 2.55 bits per heavy atom. The van der Waals surface area contributed by atoms with Gasteiger partial charge in [-0.05, 0) is 31.5 Å². The SMILES string of the molecule is CCNc1ccc(S(=O)(=O)N(C)C)cc1NCc1cc(=O)n2nc(CC)sc2n1. The van der Waals surface area contributed by atoms with Crippen LogP contribution < -0.4 is 16.2 Å². The predicted octanol–water partition coefficient (Wildman–Crippen LogP) is 2.01. The van der Waals surface area contributed by atoms with E-state index in [0.29, 0.717) is 22.9 Å². The number of nitrogens with one attached hydrogen (secondary N) is 2. The summed E-state index contributed by atoms with van der Waals surface area (Å²) < 4.78 is 27.4. The van der Waals surface area contributed by atoms with E-state index >= 15 is 0 Å². The first-order chi connectivity index (χ1) is 13.8. The largest absolute Gasteiger partial charge is 0.384 e. The number of benzene rings is 1. The fourth-order valence-corrected chi connectivity index (χ4v) is 4.49. The normalized spacial score (nSPS) is 11.9. The molecule has 3 rings (SSSR count). The number of aromatic nitrogens is 3. The summed E-state index contributed by atoms with van der Waals surface area (Å²) in [4.78, 5) is 17.5. The van der Waals surface area contributed by atoms with Crippen molar-refractivity contribution in [3.63, 3.8) is 0 Å². The molecule has 0 fully saturated rings. The van der Waals surface area contributed by atoms with Crippen molar-refractivity contribution in [1.29, 1.82) is 0 Å². The minimum Gasteiger partial charge on any atom is -0.384 e. The summed E-state index contributed by atoms with van der Waals surface area (Å²) >= 11 is 1.38. The summed E-state index contributed by atoms with van der Waals surface area (Å²) in [6.07, 6.45) is 0.736. The first kappa shape index (κ1) is 21.2. The van der Waals surface area contributed by atoms with E-state index in [9.17, 15) is 13.2 Å². The molecule has 0 aliphatic heterocycles. The predicted molar refractivity (Wildman–Crippen MR) is 115 cm³/mol. The highest BCUT2D eigenvalue weighted by molar-refractivity contribution is 7.89. The van der Waals surface area contributed by atoms with Crippen LogP contribution in [0.5, 0.6) is 0 Å². The van der Waals surface area contributed by atoms with Crippen molar-refractivity contribution in [3.8, 4) is 0 Å². The maximum absolute atomic E-state index is 12.5. The van der Waals surface area contributed by atoms with Crippen molar-refractivity contribution in [3.05, 3.63) is 45.3 Å². The molecule has 0 saturated carbocycles. The first-order valence-corrected chi connectivity index (χ1v) is 11.4. The minimum atomic E-state index is -3.56. The molecule has 0 saturated heterocycles. The second-order valence-corrected chi connectivity index (χ2v) is 9.70. The van der Waals surface area contributed by atoms with Crippen molar-refractivity contribution in [2.24, 2.45) is 0 Å². The van der Waals surface area contributed by atoms with Crippen LogP contribution in [0.4, 0.5) is 11.4 Å². The van der Waals surface area contributed by atoms with Crippen molar-refractivity contribution < 1.29 is 8.42 Å². The van der Waals surface area contributed by atoms with Gasteiger partial charge >= 0.3 is 0 Å². The second-order valence-electron chi connectivity index (χ2n) is 6.51. The Balaban J connectivity index is 1.92. The smallest absolute Gasteiger partial charge is 0.275 e. The van der Waals surface area contributed by atoms with Gasteiger partial charge in [0.15, 0.2) is 0 Å². The Hall–Kier alpha value is -2.50. The Labute approximate surface area is 173 Å². The van der Waals surface area contributed by atoms with E-state index in [1.54, 1.807) is 18.2 Å². The monoisotopic (exact) mass is 436 g/mol. The van der Waals surface area contributed by atoms with E-state index in [1.807, 2.05) is 13.8 Å². The lowest BCUT2D eigenvalue weighted by molar-refractivity contribution is 0.521. The number of aryl methyl sites for hydroxylation is 1. The molecule has 29 heavy (non-hydrogen) atoms. The van der Waals surface area contributed by atoms with Gasteiger partial charge in [0.2, 0.25) is 15.0 Å². The Bertz CT molecular complexity index is 1180. The average Bonchev–Trinajstić information content (AvgIpc) is 3.11. The third-order valence-corrected chi connectivity index (χ3v) is 7.10. The zero-order chi connectivity index (χ0) is 21.2. The van der Waals surface area contributed by atoms with Crippen LogP contribution in [0.1, 0.15) is 24.5 Å². The van der Waals surface area contributed by atoms with Crippen LogP contribution in [0.25, 0.3) is 4.96 Å². The number of fused-ring (bicyclic) bond motifs is 1. The van der Waals surface area contributed by atoms with E-state index in [0.717, 1.165) is 17.1 Å². The zero-order valence-corrected chi connectivity index (χ0v) is 18.4. The third-order valence-electron chi connectivity index (χ3n) is 4.24. The number of hydrogen-bond donors (Lipinski definition) is 2. The summed E-state index contributed by atoms with van der Waals surface area (Å²) in [7, 11) is -0.574. The van der Waals surface area contributed by atoms with E-state index in [4.69, 9.17) is 0 Å². The number of rotatable bonds is 8. The molecular weight excluding hydrogens is 412 g/mol. The van der Waals surface area contributed by atoms with Gasteiger partial charge in [-0.2, -0.15) is 9.61 Å². The van der Waals surface area contributed by atoms with E-state index in [2.05, 4.69) is 20.7 Å². The summed E-state index contributed by atoms with van der Waals surface area (Å²) in [5, 5.41) is 11.5. The second kappa shape index (κ2) is 8.47. The van der Waals surface area contributed by atoms with Gasteiger partial charge in [0.25, 0.3) is 5.56 Å². The highest BCUT2D eigenvalue weighted by atomic mass is 32.2. The molecule has 2 heterocycles. The Morgan fingerprint density at radius 2 is 1.90 bits per heavy atom. The maximum atomic E-state index is 12.5. The molecule has 0 atom stereocenters. The van der Waals surface area contributed by atoms with Gasteiger partial charge in [0, 0.05) is 26.7 Å².